The lowest BCUT2D eigenvalue weighted by Crippen LogP contribution is -2.21. The van der Waals surface area contributed by atoms with E-state index < -0.39 is 35.6 Å². The van der Waals surface area contributed by atoms with E-state index in [1.165, 1.54) is 42.6 Å². The lowest BCUT2D eigenvalue weighted by molar-refractivity contribution is -0.137. The fourth-order valence-electron chi connectivity index (χ4n) is 3.98. The number of ether oxygens (including phenoxy) is 1. The molecule has 0 spiro atoms. The second kappa shape index (κ2) is 11.4. The summed E-state index contributed by atoms with van der Waals surface area (Å²) >= 11 is 0. The van der Waals surface area contributed by atoms with Crippen LogP contribution in [0.15, 0.2) is 107 Å². The number of fused-ring (bicyclic) bond motifs is 1. The molecule has 0 bridgehead atoms. The van der Waals surface area contributed by atoms with Crippen molar-refractivity contribution in [1.29, 1.82) is 0 Å². The highest BCUT2D eigenvalue weighted by Gasteiger charge is 2.31. The zero-order valence-electron chi connectivity index (χ0n) is 21.1. The van der Waals surface area contributed by atoms with E-state index >= 15 is 0 Å². The molecule has 206 valence electrons. The Bertz CT molecular complexity index is 1830. The number of hydrogen-bond acceptors (Lipinski definition) is 5. The number of amides is 1. The number of rotatable bonds is 7. The highest BCUT2D eigenvalue weighted by molar-refractivity contribution is 5.92. The van der Waals surface area contributed by atoms with Crippen molar-refractivity contribution in [3.63, 3.8) is 0 Å². The van der Waals surface area contributed by atoms with Crippen LogP contribution in [0.1, 0.15) is 11.1 Å². The van der Waals surface area contributed by atoms with Gasteiger partial charge in [-0.2, -0.15) is 22.9 Å². The Morgan fingerprint density at radius 1 is 0.951 bits per heavy atom. The van der Waals surface area contributed by atoms with Gasteiger partial charge in [-0.05, 0) is 48.5 Å². The molecule has 0 radical (unpaired) electrons. The third-order valence-electron chi connectivity index (χ3n) is 5.94. The van der Waals surface area contributed by atoms with Crippen molar-refractivity contribution >= 4 is 28.7 Å². The first kappa shape index (κ1) is 27.3. The lowest BCUT2D eigenvalue weighted by atomic mass is 10.1. The van der Waals surface area contributed by atoms with Crippen molar-refractivity contribution < 1.29 is 27.1 Å². The second-order valence-electron chi connectivity index (χ2n) is 8.75. The van der Waals surface area contributed by atoms with Gasteiger partial charge in [-0.1, -0.05) is 48.5 Å². The van der Waals surface area contributed by atoms with Gasteiger partial charge in [-0.15, -0.1) is 0 Å². The van der Waals surface area contributed by atoms with Crippen LogP contribution in [0.5, 0.6) is 5.75 Å². The molecule has 0 saturated carbocycles. The van der Waals surface area contributed by atoms with E-state index in [-0.39, 0.29) is 28.2 Å². The monoisotopic (exact) mass is 560 g/mol. The molecule has 41 heavy (non-hydrogen) atoms. The molecule has 4 aromatic carbocycles. The third-order valence-corrected chi connectivity index (χ3v) is 5.94. The zero-order valence-corrected chi connectivity index (χ0v) is 21.1. The topological polar surface area (TPSA) is 85.6 Å². The van der Waals surface area contributed by atoms with Crippen LogP contribution in [0.3, 0.4) is 0 Å². The summed E-state index contributed by atoms with van der Waals surface area (Å²) < 4.78 is 60.6. The molecule has 0 aliphatic rings. The molecular weight excluding hydrogens is 540 g/mol. The van der Waals surface area contributed by atoms with Crippen molar-refractivity contribution in [3.05, 3.63) is 124 Å². The second-order valence-corrected chi connectivity index (χ2v) is 8.75. The number of benzene rings is 4. The Kier molecular flexibility index (Phi) is 7.59. The Hall–Kier alpha value is -5.32. The van der Waals surface area contributed by atoms with Gasteiger partial charge in [0, 0.05) is 11.1 Å². The Labute approximate surface area is 230 Å². The molecule has 7 nitrogen and oxygen atoms in total. The van der Waals surface area contributed by atoms with Gasteiger partial charge in [0.1, 0.15) is 11.6 Å². The number of halogens is 4. The smallest absolute Gasteiger partial charge is 0.416 e. The number of anilines is 1. The first-order valence-electron chi connectivity index (χ1n) is 12.2. The molecule has 11 heteroatoms. The molecular formula is C30H20F4N4O3. The van der Waals surface area contributed by atoms with Crippen LogP contribution in [-0.4, -0.2) is 28.4 Å². The maximum absolute atomic E-state index is 13.8. The summed E-state index contributed by atoms with van der Waals surface area (Å²) in [7, 11) is 0. The molecule has 1 heterocycles. The fourth-order valence-corrected chi connectivity index (χ4v) is 3.98. The van der Waals surface area contributed by atoms with Crippen molar-refractivity contribution in [2.24, 2.45) is 5.10 Å². The molecule has 1 N–H and O–H groups in total. The molecule has 0 aliphatic heterocycles. The SMILES string of the molecule is O=C(COc1ccccc1C=Nn1c(-c2cccc(C(F)(F)F)c2)nc2ccccc2c1=O)Nc1ccccc1F. The van der Waals surface area contributed by atoms with E-state index in [0.29, 0.717) is 11.1 Å². The van der Waals surface area contributed by atoms with E-state index in [0.717, 1.165) is 16.8 Å². The van der Waals surface area contributed by atoms with Gasteiger partial charge < -0.3 is 10.1 Å². The average Bonchev–Trinajstić information content (AvgIpc) is 2.97. The highest BCUT2D eigenvalue weighted by atomic mass is 19.4. The molecule has 5 rings (SSSR count). The fraction of sp³-hybridized carbons (Fsp3) is 0.0667. The van der Waals surface area contributed by atoms with E-state index in [9.17, 15) is 27.2 Å². The molecule has 0 unspecified atom stereocenters. The molecule has 1 aromatic heterocycles. The number of carbonyl (C=O) groups is 1. The van der Waals surface area contributed by atoms with Gasteiger partial charge >= 0.3 is 6.18 Å². The van der Waals surface area contributed by atoms with Gasteiger partial charge in [0.05, 0.1) is 28.4 Å². The normalized spacial score (nSPS) is 11.6. The largest absolute Gasteiger partial charge is 0.483 e. The summed E-state index contributed by atoms with van der Waals surface area (Å²) in [5.41, 5.74) is -0.806. The number of carbonyl (C=O) groups excluding carboxylic acids is 1. The average molecular weight is 561 g/mol. The van der Waals surface area contributed by atoms with Gasteiger partial charge in [-0.25, -0.2) is 9.37 Å². The van der Waals surface area contributed by atoms with E-state index in [4.69, 9.17) is 4.74 Å². The van der Waals surface area contributed by atoms with Crippen LogP contribution >= 0.6 is 0 Å². The maximum atomic E-state index is 13.8. The first-order chi connectivity index (χ1) is 19.7. The predicted octanol–water partition coefficient (Wildman–Crippen LogP) is 6.12. The minimum atomic E-state index is -4.60. The molecule has 0 aliphatic carbocycles. The third kappa shape index (κ3) is 6.14. The Morgan fingerprint density at radius 3 is 2.49 bits per heavy atom. The molecule has 5 aromatic rings. The van der Waals surface area contributed by atoms with Crippen LogP contribution in [0.25, 0.3) is 22.3 Å². The van der Waals surface area contributed by atoms with Gasteiger partial charge in [0.2, 0.25) is 0 Å². The summed E-state index contributed by atoms with van der Waals surface area (Å²) in [4.78, 5) is 30.2. The number of alkyl halides is 3. The maximum Gasteiger partial charge on any atom is 0.416 e. The number of hydrogen-bond donors (Lipinski definition) is 1. The Balaban J connectivity index is 1.48. The zero-order chi connectivity index (χ0) is 29.0. The Morgan fingerprint density at radius 2 is 1.68 bits per heavy atom. The quantitative estimate of drug-likeness (QED) is 0.192. The minimum Gasteiger partial charge on any atom is -0.483 e. The summed E-state index contributed by atoms with van der Waals surface area (Å²) in [5, 5.41) is 6.90. The molecule has 1 amide bonds. The van der Waals surface area contributed by atoms with Gasteiger partial charge in [0.25, 0.3) is 11.5 Å². The van der Waals surface area contributed by atoms with E-state index in [1.54, 1.807) is 48.5 Å². The van der Waals surface area contributed by atoms with Gasteiger partial charge in [-0.3, -0.25) is 9.59 Å². The van der Waals surface area contributed by atoms with Crippen LogP contribution in [0.2, 0.25) is 0 Å². The number of nitrogens with zero attached hydrogens (tertiary/aromatic N) is 3. The van der Waals surface area contributed by atoms with E-state index in [2.05, 4.69) is 15.4 Å². The predicted molar refractivity (Wildman–Crippen MR) is 146 cm³/mol. The minimum absolute atomic E-state index is 0.00116. The van der Waals surface area contributed by atoms with Crippen LogP contribution in [-0.2, 0) is 11.0 Å². The lowest BCUT2D eigenvalue weighted by Gasteiger charge is -2.12. The summed E-state index contributed by atoms with van der Waals surface area (Å²) in [6.07, 6.45) is -3.32. The van der Waals surface area contributed by atoms with Crippen molar-refractivity contribution in [2.45, 2.75) is 6.18 Å². The molecule has 0 saturated heterocycles. The number of nitrogens with one attached hydrogen (secondary N) is 1. The number of aromatic nitrogens is 2. The standard InChI is InChI=1S/C30H20F4N4O3/c31-23-12-3-5-14-25(23)36-27(39)18-41-26-15-6-1-8-20(26)17-35-38-28(19-9-7-10-21(16-19)30(32,33)34)37-24-13-4-2-11-22(24)29(38)40/h1-17H,18H2,(H,36,39). The van der Waals surface area contributed by atoms with Crippen LogP contribution in [0.4, 0.5) is 23.2 Å². The van der Waals surface area contributed by atoms with Crippen molar-refractivity contribution in [3.8, 4) is 17.1 Å². The summed E-state index contributed by atoms with van der Waals surface area (Å²) in [6.45, 7) is -0.452. The number of para-hydroxylation sites is 3. The van der Waals surface area contributed by atoms with Crippen LogP contribution < -0.4 is 15.6 Å². The van der Waals surface area contributed by atoms with E-state index in [1.807, 2.05) is 0 Å². The van der Waals surface area contributed by atoms with Crippen LogP contribution in [0, 0.1) is 5.82 Å². The highest BCUT2D eigenvalue weighted by Crippen LogP contribution is 2.32. The van der Waals surface area contributed by atoms with Crippen molar-refractivity contribution in [2.75, 3.05) is 11.9 Å². The van der Waals surface area contributed by atoms with Crippen molar-refractivity contribution in [1.82, 2.24) is 9.66 Å². The molecule has 0 fully saturated rings. The summed E-state index contributed by atoms with van der Waals surface area (Å²) in [6, 6.07) is 23.0. The molecule has 0 atom stereocenters. The van der Waals surface area contributed by atoms with Gasteiger partial charge in [0.15, 0.2) is 12.4 Å². The summed E-state index contributed by atoms with van der Waals surface area (Å²) in [5.74, 6) is -1.08. The first-order valence-corrected chi connectivity index (χ1v) is 12.2.